The molecule has 0 aromatic heterocycles. The number of rotatable bonds is 13. The first kappa shape index (κ1) is 53.3. The van der Waals surface area contributed by atoms with E-state index in [4.69, 9.17) is 22.1 Å². The van der Waals surface area contributed by atoms with E-state index in [1.54, 1.807) is 58.0 Å². The molecule has 0 radical (unpaired) electrons. The lowest BCUT2D eigenvalue weighted by Gasteiger charge is -2.43. The third-order valence-corrected chi connectivity index (χ3v) is 11.9. The minimum atomic E-state index is -1.76. The maximum Gasteiger partial charge on any atom is 0.329 e. The summed E-state index contributed by atoms with van der Waals surface area (Å²) in [7, 11) is 1.33. The molecule has 2 fully saturated rings. The van der Waals surface area contributed by atoms with Crippen LogP contribution < -0.4 is 32.3 Å². The van der Waals surface area contributed by atoms with Crippen LogP contribution in [0.3, 0.4) is 0 Å². The van der Waals surface area contributed by atoms with Crippen molar-refractivity contribution in [3.05, 3.63) is 64.7 Å². The first-order chi connectivity index (χ1) is 31.5. The molecule has 8 amide bonds. The SMILES string of the molecule is CC(=O)N[C@@H](CCC(N)=O)C(=O)N[C@@H]1C(=O)N[C@@H](CC(C)C)C(=O)N[C@H]2CC[C@H](O)N(C2=O)[C@@H](Cc2ccccc2)C(=O)N(C)[C@@H](Cc2ccc(O)c(Cl)c2)C(=O)N[C@@H](C(C)C)C(=O)O[C@@H]1C. The largest absolute Gasteiger partial charge is 0.506 e. The van der Waals surface area contributed by atoms with Crippen molar-refractivity contribution in [1.29, 1.82) is 0 Å². The fourth-order valence-electron chi connectivity index (χ4n) is 8.00. The molecule has 0 spiro atoms. The summed E-state index contributed by atoms with van der Waals surface area (Å²) in [6.45, 7) is 9.17. The zero-order valence-electron chi connectivity index (χ0n) is 38.7. The Bertz CT molecular complexity index is 2160. The first-order valence-electron chi connectivity index (χ1n) is 22.2. The standard InChI is InChI=1S/C46H63ClN8O12/c1-23(2)19-32-41(61)50-31-15-18-37(59)55(44(31)64)34(21-27-11-9-8-10-12-27)45(65)54(7)33(22-28-13-16-35(57)29(47)20-28)42(62)52-38(24(3)4)46(66)67-25(5)39(43(63)51-32)53-40(60)30(49-26(6)56)14-17-36(48)58/h8-13,16,20,23-25,30-34,37-39,57,59H,14-15,17-19,21-22H2,1-7H3,(H2,48,58)(H,49,56)(H,50,61)(H,51,63)(H,52,62)(H,53,60)/t25-,30+,31+,32+,33+,34+,37+,38+,39+/m1/s1. The molecule has 20 nitrogen and oxygen atoms in total. The van der Waals surface area contributed by atoms with Crippen LogP contribution >= 0.6 is 11.6 Å². The first-order valence-corrected chi connectivity index (χ1v) is 22.6. The Morgan fingerprint density at radius 2 is 1.54 bits per heavy atom. The molecular weight excluding hydrogens is 892 g/mol. The number of nitrogens with one attached hydrogen (secondary N) is 5. The number of aromatic hydroxyl groups is 1. The van der Waals surface area contributed by atoms with Crippen molar-refractivity contribution in [2.75, 3.05) is 7.05 Å². The number of aliphatic hydroxyl groups is 1. The fraction of sp³-hybridized carbons (Fsp3) is 0.543. The summed E-state index contributed by atoms with van der Waals surface area (Å²) in [5.74, 6) is -8.87. The smallest absolute Gasteiger partial charge is 0.329 e. The average Bonchev–Trinajstić information content (AvgIpc) is 3.25. The molecule has 4 rings (SSSR count). The second kappa shape index (κ2) is 24.0. The minimum absolute atomic E-state index is 0.0157. The van der Waals surface area contributed by atoms with Gasteiger partial charge in [-0.3, -0.25) is 38.4 Å². The van der Waals surface area contributed by atoms with Gasteiger partial charge in [-0.05, 0) is 67.7 Å². The van der Waals surface area contributed by atoms with Gasteiger partial charge in [0.05, 0.1) is 5.02 Å². The Morgan fingerprint density at radius 3 is 2.13 bits per heavy atom. The predicted molar refractivity (Wildman–Crippen MR) is 243 cm³/mol. The van der Waals surface area contributed by atoms with Gasteiger partial charge in [-0.1, -0.05) is 75.7 Å². The van der Waals surface area contributed by atoms with Crippen LogP contribution in [0.15, 0.2) is 48.5 Å². The highest BCUT2D eigenvalue weighted by molar-refractivity contribution is 6.32. The van der Waals surface area contributed by atoms with E-state index in [1.165, 1.54) is 32.2 Å². The molecule has 366 valence electrons. The van der Waals surface area contributed by atoms with Crippen molar-refractivity contribution in [3.63, 3.8) is 0 Å². The van der Waals surface area contributed by atoms with Crippen molar-refractivity contribution in [2.45, 2.75) is 141 Å². The molecule has 2 heterocycles. The van der Waals surface area contributed by atoms with Crippen LogP contribution in [-0.2, 0) is 60.7 Å². The summed E-state index contributed by atoms with van der Waals surface area (Å²) in [5.41, 5.74) is 6.30. The van der Waals surface area contributed by atoms with Gasteiger partial charge in [0, 0.05) is 33.2 Å². The fourth-order valence-corrected chi connectivity index (χ4v) is 8.20. The molecule has 9 atom stereocenters. The number of cyclic esters (lactones) is 1. The number of fused-ring (bicyclic) bond motifs is 2. The number of phenols is 1. The topological polar surface area (TPSA) is 296 Å². The van der Waals surface area contributed by atoms with Crippen molar-refractivity contribution in [1.82, 2.24) is 36.4 Å². The molecular formula is C46H63ClN8O12. The van der Waals surface area contributed by atoms with Crippen molar-refractivity contribution >= 4 is 64.8 Å². The number of hydrogen-bond donors (Lipinski definition) is 8. The molecule has 2 aromatic rings. The lowest BCUT2D eigenvalue weighted by Crippen LogP contribution is -2.65. The number of halogens is 1. The van der Waals surface area contributed by atoms with E-state index >= 15 is 4.79 Å². The number of carbonyl (C=O) groups excluding carboxylic acids is 9. The number of piperidine rings is 1. The number of likely N-dealkylation sites (N-methyl/N-ethyl adjacent to an activating group) is 1. The van der Waals surface area contributed by atoms with Crippen LogP contribution in [0.2, 0.25) is 5.02 Å². The Labute approximate surface area is 394 Å². The van der Waals surface area contributed by atoms with Gasteiger partial charge in [-0.2, -0.15) is 0 Å². The van der Waals surface area contributed by atoms with Gasteiger partial charge in [0.15, 0.2) is 0 Å². The maximum atomic E-state index is 15.0. The van der Waals surface area contributed by atoms with Crippen LogP contribution in [0.1, 0.15) is 84.8 Å². The summed E-state index contributed by atoms with van der Waals surface area (Å²) >= 11 is 6.26. The van der Waals surface area contributed by atoms with Crippen molar-refractivity contribution in [3.8, 4) is 5.75 Å². The van der Waals surface area contributed by atoms with E-state index in [0.29, 0.717) is 11.1 Å². The lowest BCUT2D eigenvalue weighted by molar-refractivity contribution is -0.165. The molecule has 0 saturated carbocycles. The van der Waals surface area contributed by atoms with Crippen LogP contribution in [0, 0.1) is 11.8 Å². The predicted octanol–water partition coefficient (Wildman–Crippen LogP) is 0.324. The van der Waals surface area contributed by atoms with E-state index < -0.39 is 114 Å². The molecule has 2 aliphatic heterocycles. The summed E-state index contributed by atoms with van der Waals surface area (Å²) in [4.78, 5) is 127. The number of ether oxygens (including phenoxy) is 1. The Morgan fingerprint density at radius 1 is 0.881 bits per heavy atom. The molecule has 2 bridgehead atoms. The van der Waals surface area contributed by atoms with Gasteiger partial charge < -0.3 is 57.1 Å². The summed E-state index contributed by atoms with van der Waals surface area (Å²) in [6.07, 6.45) is -4.10. The van der Waals surface area contributed by atoms with Crippen molar-refractivity contribution in [2.24, 2.45) is 17.6 Å². The second-order valence-electron chi connectivity index (χ2n) is 17.8. The number of esters is 1. The third kappa shape index (κ3) is 14.6. The molecule has 2 aliphatic rings. The highest BCUT2D eigenvalue weighted by atomic mass is 35.5. The van der Waals surface area contributed by atoms with Crippen LogP contribution in [-0.4, -0.2) is 135 Å². The number of phenolic OH excluding ortho intramolecular Hbond substituents is 1. The van der Waals surface area contributed by atoms with Gasteiger partial charge in [-0.25, -0.2) is 4.79 Å². The Hall–Kier alpha value is -6.28. The van der Waals surface area contributed by atoms with Crippen LogP contribution in [0.4, 0.5) is 0 Å². The molecule has 9 N–H and O–H groups in total. The van der Waals surface area contributed by atoms with Gasteiger partial charge in [0.2, 0.25) is 47.3 Å². The number of carbonyl (C=O) groups is 9. The Balaban J connectivity index is 1.89. The molecule has 2 aromatic carbocycles. The molecule has 2 saturated heterocycles. The van der Waals surface area contributed by atoms with Gasteiger partial charge in [-0.15, -0.1) is 0 Å². The van der Waals surface area contributed by atoms with E-state index in [9.17, 15) is 48.6 Å². The lowest BCUT2D eigenvalue weighted by atomic mass is 9.95. The number of primary amides is 1. The molecule has 0 aliphatic carbocycles. The average molecular weight is 956 g/mol. The highest BCUT2D eigenvalue weighted by Crippen LogP contribution is 2.27. The quantitative estimate of drug-likeness (QED) is 0.126. The monoisotopic (exact) mass is 954 g/mol. The van der Waals surface area contributed by atoms with Gasteiger partial charge in [0.1, 0.15) is 60.4 Å². The van der Waals surface area contributed by atoms with E-state index in [-0.39, 0.29) is 61.6 Å². The van der Waals surface area contributed by atoms with Crippen LogP contribution in [0.25, 0.3) is 0 Å². The van der Waals surface area contributed by atoms with Crippen molar-refractivity contribution < 1.29 is 58.1 Å². The number of aliphatic hydroxyl groups excluding tert-OH is 1. The van der Waals surface area contributed by atoms with Crippen LogP contribution in [0.5, 0.6) is 5.75 Å². The highest BCUT2D eigenvalue weighted by Gasteiger charge is 2.46. The zero-order chi connectivity index (χ0) is 49.9. The number of benzene rings is 2. The number of nitrogens with two attached hydrogens (primary N) is 1. The van der Waals surface area contributed by atoms with Gasteiger partial charge in [0.25, 0.3) is 0 Å². The number of hydrogen-bond acceptors (Lipinski definition) is 12. The molecule has 0 unspecified atom stereocenters. The normalized spacial score (nSPS) is 25.2. The van der Waals surface area contributed by atoms with Gasteiger partial charge >= 0.3 is 5.97 Å². The maximum absolute atomic E-state index is 15.0. The Kier molecular flexibility index (Phi) is 19.1. The van der Waals surface area contributed by atoms with E-state index in [1.807, 2.05) is 0 Å². The number of amides is 8. The minimum Gasteiger partial charge on any atom is -0.506 e. The summed E-state index contributed by atoms with van der Waals surface area (Å²) in [6, 6.07) is 2.74. The van der Waals surface area contributed by atoms with E-state index in [2.05, 4.69) is 26.6 Å². The number of nitrogens with zero attached hydrogens (tertiary/aromatic N) is 2. The summed E-state index contributed by atoms with van der Waals surface area (Å²) < 4.78 is 5.82. The third-order valence-electron chi connectivity index (χ3n) is 11.6. The van der Waals surface area contributed by atoms with E-state index in [0.717, 1.165) is 16.7 Å². The second-order valence-corrected chi connectivity index (χ2v) is 18.2. The summed E-state index contributed by atoms with van der Waals surface area (Å²) in [5, 5.41) is 34.6. The zero-order valence-corrected chi connectivity index (χ0v) is 39.5. The molecule has 21 heteroatoms. The molecule has 67 heavy (non-hydrogen) atoms.